The maximum Gasteiger partial charge on any atom is 0.356 e. The van der Waals surface area contributed by atoms with Crippen molar-refractivity contribution in [3.8, 4) is 10.6 Å². The molecule has 3 N–H and O–H groups in total. The van der Waals surface area contributed by atoms with E-state index in [0.717, 1.165) is 17.0 Å². The molecule has 2 rings (SSSR count). The van der Waals surface area contributed by atoms with E-state index in [1.165, 1.54) is 0 Å². The second kappa shape index (κ2) is 3.90. The van der Waals surface area contributed by atoms with Crippen LogP contribution in [-0.2, 0) is 0 Å². The molecule has 0 bridgehead atoms. The van der Waals surface area contributed by atoms with Gasteiger partial charge in [-0.05, 0) is 19.1 Å². The molecule has 0 atom stereocenters. The monoisotopic (exact) mass is 235 g/mol. The number of anilines is 1. The lowest BCUT2D eigenvalue weighted by atomic mass is 10.2. The largest absolute Gasteiger partial charge is 0.476 e. The summed E-state index contributed by atoms with van der Waals surface area (Å²) >= 11 is 1.13. The van der Waals surface area contributed by atoms with Gasteiger partial charge < -0.3 is 10.8 Å². The normalized spacial score (nSPS) is 10.3. The van der Waals surface area contributed by atoms with Crippen LogP contribution in [0.5, 0.6) is 0 Å². The van der Waals surface area contributed by atoms with Crippen molar-refractivity contribution in [1.29, 1.82) is 0 Å². The molecule has 2 aromatic rings. The van der Waals surface area contributed by atoms with Gasteiger partial charge in [-0.15, -0.1) is 0 Å². The number of carbonyl (C=O) groups is 1. The van der Waals surface area contributed by atoms with E-state index in [1.54, 1.807) is 6.07 Å². The van der Waals surface area contributed by atoms with Crippen molar-refractivity contribution in [2.45, 2.75) is 6.92 Å². The van der Waals surface area contributed by atoms with E-state index < -0.39 is 5.97 Å². The first-order valence-electron chi connectivity index (χ1n) is 4.51. The Morgan fingerprint density at radius 1 is 1.44 bits per heavy atom. The van der Waals surface area contributed by atoms with Crippen LogP contribution >= 0.6 is 11.3 Å². The third kappa shape index (κ3) is 1.87. The summed E-state index contributed by atoms with van der Waals surface area (Å²) in [6, 6.07) is 5.40. The second-order valence-corrected chi connectivity index (χ2v) is 4.23. The number of nitrogens with zero attached hydrogens (tertiary/aromatic N) is 2. The summed E-state index contributed by atoms with van der Waals surface area (Å²) in [5.41, 5.74) is 6.88. The van der Waals surface area contributed by atoms with Gasteiger partial charge in [-0.2, -0.15) is 0 Å². The Morgan fingerprint density at radius 2 is 2.19 bits per heavy atom. The highest BCUT2D eigenvalue weighted by molar-refractivity contribution is 7.19. The summed E-state index contributed by atoms with van der Waals surface area (Å²) in [6.07, 6.45) is 0. The van der Waals surface area contributed by atoms with Crippen LogP contribution in [0.25, 0.3) is 10.6 Å². The molecular weight excluding hydrogens is 226 g/mol. The highest BCUT2D eigenvalue weighted by Crippen LogP contribution is 2.30. The van der Waals surface area contributed by atoms with Crippen LogP contribution in [0.3, 0.4) is 0 Å². The van der Waals surface area contributed by atoms with Gasteiger partial charge in [0.15, 0.2) is 10.8 Å². The first-order valence-corrected chi connectivity index (χ1v) is 5.33. The lowest BCUT2D eigenvalue weighted by molar-refractivity contribution is 0.0692. The number of carboxylic acids is 1. The van der Waals surface area contributed by atoms with Gasteiger partial charge in [0.1, 0.15) is 0 Å². The molecule has 5 nitrogen and oxygen atoms in total. The van der Waals surface area contributed by atoms with Crippen molar-refractivity contribution in [3.63, 3.8) is 0 Å². The van der Waals surface area contributed by atoms with E-state index in [4.69, 9.17) is 10.8 Å². The minimum atomic E-state index is -1.09. The van der Waals surface area contributed by atoms with Crippen LogP contribution in [0.2, 0.25) is 0 Å². The maximum absolute atomic E-state index is 11.0. The fourth-order valence-corrected chi connectivity index (χ4v) is 2.12. The number of aryl methyl sites for hydroxylation is 1. The predicted octanol–water partition coefficient (Wildman–Crippen LogP) is 1.79. The van der Waals surface area contributed by atoms with Gasteiger partial charge in [-0.1, -0.05) is 17.4 Å². The molecule has 0 spiro atoms. The lowest BCUT2D eigenvalue weighted by Crippen LogP contribution is -2.00. The molecule has 0 aliphatic rings. The summed E-state index contributed by atoms with van der Waals surface area (Å²) in [4.78, 5) is 19.5. The number of pyridine rings is 1. The fourth-order valence-electron chi connectivity index (χ4n) is 1.32. The third-order valence-electron chi connectivity index (χ3n) is 1.97. The number of hydrogen-bond acceptors (Lipinski definition) is 5. The number of aromatic nitrogens is 2. The van der Waals surface area contributed by atoms with E-state index >= 15 is 0 Å². The predicted molar refractivity (Wildman–Crippen MR) is 61.5 cm³/mol. The summed E-state index contributed by atoms with van der Waals surface area (Å²) in [5, 5.41) is 9.20. The van der Waals surface area contributed by atoms with E-state index in [0.29, 0.717) is 10.6 Å². The summed E-state index contributed by atoms with van der Waals surface area (Å²) in [7, 11) is 0. The molecule has 0 aliphatic heterocycles. The minimum absolute atomic E-state index is 0.0411. The zero-order chi connectivity index (χ0) is 11.7. The van der Waals surface area contributed by atoms with Crippen molar-refractivity contribution in [3.05, 3.63) is 29.6 Å². The van der Waals surface area contributed by atoms with Crippen molar-refractivity contribution in [2.24, 2.45) is 0 Å². The van der Waals surface area contributed by atoms with Gasteiger partial charge >= 0.3 is 5.97 Å². The fraction of sp³-hybridized carbons (Fsp3) is 0.100. The molecule has 0 unspecified atom stereocenters. The molecule has 0 saturated carbocycles. The highest BCUT2D eigenvalue weighted by Gasteiger charge is 2.18. The van der Waals surface area contributed by atoms with Gasteiger partial charge in [0.05, 0.1) is 10.6 Å². The molecule has 0 saturated heterocycles. The van der Waals surface area contributed by atoms with E-state index in [2.05, 4.69) is 9.97 Å². The molecule has 82 valence electrons. The molecule has 6 heteroatoms. The molecule has 16 heavy (non-hydrogen) atoms. The van der Waals surface area contributed by atoms with Crippen LogP contribution < -0.4 is 5.73 Å². The van der Waals surface area contributed by atoms with Gasteiger partial charge in [0.25, 0.3) is 0 Å². The number of nitrogens with two attached hydrogens (primary N) is 1. The summed E-state index contributed by atoms with van der Waals surface area (Å²) in [5.74, 6) is -1.09. The quantitative estimate of drug-likeness (QED) is 0.828. The maximum atomic E-state index is 11.0. The topological polar surface area (TPSA) is 89.1 Å². The van der Waals surface area contributed by atoms with Gasteiger partial charge in [0, 0.05) is 5.69 Å². The number of rotatable bonds is 2. The minimum Gasteiger partial charge on any atom is -0.476 e. The number of thiazole rings is 1. The first kappa shape index (κ1) is 10.6. The Kier molecular flexibility index (Phi) is 2.57. The van der Waals surface area contributed by atoms with E-state index in [1.807, 2.05) is 19.1 Å². The average Bonchev–Trinajstić information content (AvgIpc) is 2.60. The van der Waals surface area contributed by atoms with Gasteiger partial charge in [0.2, 0.25) is 0 Å². The molecule has 0 amide bonds. The Hall–Kier alpha value is -1.95. The van der Waals surface area contributed by atoms with Crippen molar-refractivity contribution < 1.29 is 9.90 Å². The molecule has 2 aromatic heterocycles. The third-order valence-corrected chi connectivity index (χ3v) is 2.87. The van der Waals surface area contributed by atoms with Crippen molar-refractivity contribution in [2.75, 3.05) is 5.73 Å². The molecule has 2 heterocycles. The number of carboxylic acid groups (broad SMARTS) is 1. The molecule has 0 aromatic carbocycles. The molecule has 0 aliphatic carbocycles. The Bertz CT molecular complexity index is 551. The van der Waals surface area contributed by atoms with Crippen LogP contribution in [0.4, 0.5) is 5.13 Å². The van der Waals surface area contributed by atoms with E-state index in [9.17, 15) is 4.79 Å². The number of nitrogen functional groups attached to an aromatic ring is 1. The molecular formula is C10H9N3O2S. The SMILES string of the molecule is Cc1cccc(-c2sc(N)nc2C(=O)O)n1. The van der Waals surface area contributed by atoms with Crippen molar-refractivity contribution in [1.82, 2.24) is 9.97 Å². The first-order chi connectivity index (χ1) is 7.58. The van der Waals surface area contributed by atoms with Crippen LogP contribution in [0.15, 0.2) is 18.2 Å². The Balaban J connectivity index is 2.59. The summed E-state index contributed by atoms with van der Waals surface area (Å²) < 4.78 is 0. The second-order valence-electron chi connectivity index (χ2n) is 3.20. The van der Waals surface area contributed by atoms with Crippen LogP contribution in [0, 0.1) is 6.92 Å². The van der Waals surface area contributed by atoms with Crippen LogP contribution in [0.1, 0.15) is 16.2 Å². The standard InChI is InChI=1S/C10H9N3O2S/c1-5-3-2-4-6(12-5)8-7(9(14)15)13-10(11)16-8/h2-4H,1H3,(H2,11,13)(H,14,15). The Morgan fingerprint density at radius 3 is 2.81 bits per heavy atom. The van der Waals surface area contributed by atoms with E-state index in [-0.39, 0.29) is 10.8 Å². The molecule has 0 fully saturated rings. The van der Waals surface area contributed by atoms with Crippen molar-refractivity contribution >= 4 is 22.4 Å². The number of aromatic carboxylic acids is 1. The lowest BCUT2D eigenvalue weighted by Gasteiger charge is -1.98. The van der Waals surface area contributed by atoms with Gasteiger partial charge in [-0.25, -0.2) is 9.78 Å². The summed E-state index contributed by atoms with van der Waals surface area (Å²) in [6.45, 7) is 1.84. The van der Waals surface area contributed by atoms with Crippen LogP contribution in [-0.4, -0.2) is 21.0 Å². The zero-order valence-corrected chi connectivity index (χ0v) is 9.28. The number of hydrogen-bond donors (Lipinski definition) is 2. The molecule has 0 radical (unpaired) electrons. The average molecular weight is 235 g/mol. The highest BCUT2D eigenvalue weighted by atomic mass is 32.1. The zero-order valence-electron chi connectivity index (χ0n) is 8.47. The van der Waals surface area contributed by atoms with Gasteiger partial charge in [-0.3, -0.25) is 4.98 Å². The smallest absolute Gasteiger partial charge is 0.356 e. The Labute approximate surface area is 95.6 Å².